The minimum absolute atomic E-state index is 0.150. The van der Waals surface area contributed by atoms with Gasteiger partial charge in [-0.25, -0.2) is 12.8 Å². The molecule has 0 saturated carbocycles. The monoisotopic (exact) mass is 266 g/mol. The molecule has 0 radical (unpaired) electrons. The number of ether oxygens (including phenoxy) is 1. The summed E-state index contributed by atoms with van der Waals surface area (Å²) < 4.78 is 39.3. The van der Waals surface area contributed by atoms with Crippen molar-refractivity contribution in [1.29, 1.82) is 0 Å². The average molecular weight is 267 g/mol. The fourth-order valence-corrected chi connectivity index (χ4v) is 1.93. The fraction of sp³-hybridized carbons (Fsp3) is 0.400. The molecule has 90 valence electrons. The Morgan fingerprint density at radius 1 is 1.44 bits per heavy atom. The van der Waals surface area contributed by atoms with E-state index in [1.54, 1.807) is 13.0 Å². The van der Waals surface area contributed by atoms with Gasteiger partial charge >= 0.3 is 0 Å². The van der Waals surface area contributed by atoms with Crippen LogP contribution in [-0.4, -0.2) is 20.8 Å². The minimum atomic E-state index is -3.48. The van der Waals surface area contributed by atoms with E-state index in [9.17, 15) is 12.8 Å². The van der Waals surface area contributed by atoms with Gasteiger partial charge < -0.3 is 4.74 Å². The van der Waals surface area contributed by atoms with Crippen molar-refractivity contribution in [3.8, 4) is 5.75 Å². The van der Waals surface area contributed by atoms with Crippen molar-refractivity contribution in [2.75, 3.05) is 12.4 Å². The molecule has 1 rings (SSSR count). The SMILES string of the molecule is Cc1ccc(F)cc1OCCCS(=O)(=O)Cl. The van der Waals surface area contributed by atoms with Gasteiger partial charge in [0.2, 0.25) is 9.05 Å². The maximum atomic E-state index is 12.8. The predicted molar refractivity (Wildman–Crippen MR) is 60.9 cm³/mol. The van der Waals surface area contributed by atoms with Crippen LogP contribution < -0.4 is 4.74 Å². The lowest BCUT2D eigenvalue weighted by atomic mass is 10.2. The molecule has 0 spiro atoms. The van der Waals surface area contributed by atoms with Crippen molar-refractivity contribution in [2.45, 2.75) is 13.3 Å². The summed E-state index contributed by atoms with van der Waals surface area (Å²) in [7, 11) is 1.55. The summed E-state index contributed by atoms with van der Waals surface area (Å²) in [5, 5.41) is 0. The molecule has 0 aliphatic heterocycles. The minimum Gasteiger partial charge on any atom is -0.493 e. The number of hydrogen-bond acceptors (Lipinski definition) is 3. The zero-order chi connectivity index (χ0) is 12.2. The van der Waals surface area contributed by atoms with Gasteiger partial charge in [-0.05, 0) is 25.0 Å². The summed E-state index contributed by atoms with van der Waals surface area (Å²) in [6.45, 7) is 1.98. The van der Waals surface area contributed by atoms with Gasteiger partial charge in [0.15, 0.2) is 0 Å². The summed E-state index contributed by atoms with van der Waals surface area (Å²) in [4.78, 5) is 0. The number of benzene rings is 1. The van der Waals surface area contributed by atoms with E-state index in [2.05, 4.69) is 0 Å². The van der Waals surface area contributed by atoms with E-state index in [0.29, 0.717) is 5.75 Å². The molecule has 0 aliphatic rings. The molecular formula is C10H12ClFO3S. The highest BCUT2D eigenvalue weighted by atomic mass is 35.7. The zero-order valence-corrected chi connectivity index (χ0v) is 10.3. The normalized spacial score (nSPS) is 11.4. The van der Waals surface area contributed by atoms with Gasteiger partial charge in [-0.1, -0.05) is 6.07 Å². The summed E-state index contributed by atoms with van der Waals surface area (Å²) in [6.07, 6.45) is 0.280. The molecule has 0 heterocycles. The highest BCUT2D eigenvalue weighted by molar-refractivity contribution is 8.13. The van der Waals surface area contributed by atoms with E-state index in [4.69, 9.17) is 15.4 Å². The van der Waals surface area contributed by atoms with Crippen LogP contribution in [0.3, 0.4) is 0 Å². The lowest BCUT2D eigenvalue weighted by Crippen LogP contribution is -2.05. The maximum absolute atomic E-state index is 12.8. The van der Waals surface area contributed by atoms with Crippen LogP contribution in [0.15, 0.2) is 18.2 Å². The molecule has 0 aliphatic carbocycles. The summed E-state index contributed by atoms with van der Waals surface area (Å²) in [5.74, 6) is -0.110. The van der Waals surface area contributed by atoms with Crippen LogP contribution in [0.5, 0.6) is 5.75 Å². The van der Waals surface area contributed by atoms with Gasteiger partial charge in [0.1, 0.15) is 11.6 Å². The molecular weight excluding hydrogens is 255 g/mol. The second kappa shape index (κ2) is 5.50. The zero-order valence-electron chi connectivity index (χ0n) is 8.74. The Kier molecular flexibility index (Phi) is 4.56. The molecule has 0 amide bonds. The van der Waals surface area contributed by atoms with Gasteiger partial charge in [-0.15, -0.1) is 0 Å². The largest absolute Gasteiger partial charge is 0.493 e. The van der Waals surface area contributed by atoms with Crippen molar-refractivity contribution in [3.63, 3.8) is 0 Å². The van der Waals surface area contributed by atoms with Crippen molar-refractivity contribution < 1.29 is 17.5 Å². The first-order valence-electron chi connectivity index (χ1n) is 4.70. The van der Waals surface area contributed by atoms with Crippen LogP contribution in [0.1, 0.15) is 12.0 Å². The van der Waals surface area contributed by atoms with Gasteiger partial charge in [0.05, 0.1) is 12.4 Å². The maximum Gasteiger partial charge on any atom is 0.232 e. The van der Waals surface area contributed by atoms with Crippen LogP contribution in [0.2, 0.25) is 0 Å². The first kappa shape index (κ1) is 13.3. The molecule has 0 saturated heterocycles. The highest BCUT2D eigenvalue weighted by Gasteiger charge is 2.06. The summed E-state index contributed by atoms with van der Waals surface area (Å²) >= 11 is 0. The third-order valence-electron chi connectivity index (χ3n) is 1.94. The Morgan fingerprint density at radius 2 is 2.12 bits per heavy atom. The molecule has 0 bridgehead atoms. The second-order valence-corrected chi connectivity index (χ2v) is 6.25. The Labute approximate surface area is 98.6 Å². The highest BCUT2D eigenvalue weighted by Crippen LogP contribution is 2.18. The first-order chi connectivity index (χ1) is 7.38. The first-order valence-corrected chi connectivity index (χ1v) is 7.17. The molecule has 0 unspecified atom stereocenters. The van der Waals surface area contributed by atoms with Crippen molar-refractivity contribution >= 4 is 19.7 Å². The van der Waals surface area contributed by atoms with Crippen molar-refractivity contribution in [3.05, 3.63) is 29.6 Å². The molecule has 16 heavy (non-hydrogen) atoms. The third kappa shape index (κ3) is 4.81. The van der Waals surface area contributed by atoms with Crippen LogP contribution >= 0.6 is 10.7 Å². The molecule has 0 N–H and O–H groups in total. The third-order valence-corrected chi connectivity index (χ3v) is 3.18. The van der Waals surface area contributed by atoms with Gasteiger partial charge in [0, 0.05) is 16.7 Å². The number of aryl methyl sites for hydroxylation is 1. The number of rotatable bonds is 5. The van der Waals surface area contributed by atoms with E-state index in [0.717, 1.165) is 5.56 Å². The summed E-state index contributed by atoms with van der Waals surface area (Å²) in [6, 6.07) is 4.21. The predicted octanol–water partition coefficient (Wildman–Crippen LogP) is 2.47. The number of hydrogen-bond donors (Lipinski definition) is 0. The Balaban J connectivity index is 2.46. The van der Waals surface area contributed by atoms with Gasteiger partial charge in [-0.3, -0.25) is 0 Å². The van der Waals surface area contributed by atoms with E-state index < -0.39 is 9.05 Å². The van der Waals surface area contributed by atoms with Crippen LogP contribution in [0.4, 0.5) is 4.39 Å². The average Bonchev–Trinajstić information content (AvgIpc) is 2.16. The lowest BCUT2D eigenvalue weighted by molar-refractivity contribution is 0.314. The summed E-state index contributed by atoms with van der Waals surface area (Å²) in [5.41, 5.74) is 0.801. The Morgan fingerprint density at radius 3 is 2.75 bits per heavy atom. The van der Waals surface area contributed by atoms with Crippen molar-refractivity contribution in [1.82, 2.24) is 0 Å². The Hall–Kier alpha value is -0.810. The van der Waals surface area contributed by atoms with E-state index in [-0.39, 0.29) is 24.6 Å². The molecule has 6 heteroatoms. The van der Waals surface area contributed by atoms with Crippen molar-refractivity contribution in [2.24, 2.45) is 0 Å². The Bertz CT molecular complexity index is 459. The molecule has 0 fully saturated rings. The molecule has 0 atom stereocenters. The quantitative estimate of drug-likeness (QED) is 0.607. The van der Waals surface area contributed by atoms with Crippen LogP contribution in [0, 0.1) is 12.7 Å². The van der Waals surface area contributed by atoms with E-state index >= 15 is 0 Å². The van der Waals surface area contributed by atoms with E-state index in [1.807, 2.05) is 0 Å². The van der Waals surface area contributed by atoms with Gasteiger partial charge in [0.25, 0.3) is 0 Å². The van der Waals surface area contributed by atoms with Gasteiger partial charge in [-0.2, -0.15) is 0 Å². The molecule has 0 aromatic heterocycles. The molecule has 1 aromatic rings. The lowest BCUT2D eigenvalue weighted by Gasteiger charge is -2.08. The van der Waals surface area contributed by atoms with E-state index in [1.165, 1.54) is 12.1 Å². The van der Waals surface area contributed by atoms with Crippen LogP contribution in [0.25, 0.3) is 0 Å². The molecule has 3 nitrogen and oxygen atoms in total. The second-order valence-electron chi connectivity index (χ2n) is 3.35. The fourth-order valence-electron chi connectivity index (χ4n) is 1.14. The van der Waals surface area contributed by atoms with Crippen LogP contribution in [-0.2, 0) is 9.05 Å². The number of halogens is 2. The topological polar surface area (TPSA) is 43.4 Å². The molecule has 1 aromatic carbocycles. The standard InChI is InChI=1S/C10H12ClFO3S/c1-8-3-4-9(12)7-10(8)15-5-2-6-16(11,13)14/h3-4,7H,2,5-6H2,1H3. The smallest absolute Gasteiger partial charge is 0.232 e.